The zero-order valence-electron chi connectivity index (χ0n) is 11.6. The first-order valence-electron chi connectivity index (χ1n) is 6.44. The maximum absolute atomic E-state index is 11.8. The van der Waals surface area contributed by atoms with Crippen molar-refractivity contribution in [1.82, 2.24) is 24.8 Å². The van der Waals surface area contributed by atoms with Crippen molar-refractivity contribution in [2.75, 3.05) is 0 Å². The fourth-order valence-electron chi connectivity index (χ4n) is 1.82. The lowest BCUT2D eigenvalue weighted by Crippen LogP contribution is -2.17. The molecule has 0 amide bonds. The summed E-state index contributed by atoms with van der Waals surface area (Å²) in [5, 5.41) is 7.63. The molecule has 0 N–H and O–H groups in total. The zero-order chi connectivity index (χ0) is 14.8. The van der Waals surface area contributed by atoms with Crippen LogP contribution < -0.4 is 5.76 Å². The molecular weight excluding hydrogens is 274 g/mol. The summed E-state index contributed by atoms with van der Waals surface area (Å²) in [5.74, 6) is 0.851. The Kier molecular flexibility index (Phi) is 3.35. The lowest BCUT2D eigenvalue weighted by Gasteiger charge is -2.00. The number of hydrogen-bond acceptors (Lipinski definition) is 7. The summed E-state index contributed by atoms with van der Waals surface area (Å²) in [6.45, 7) is 4.02. The van der Waals surface area contributed by atoms with Gasteiger partial charge in [-0.25, -0.2) is 9.36 Å². The molecule has 3 rings (SSSR count). The van der Waals surface area contributed by atoms with Crippen LogP contribution in [0.15, 0.2) is 38.4 Å². The smallest absolute Gasteiger partial charge is 0.339 e. The molecule has 0 bridgehead atoms. The highest BCUT2D eigenvalue weighted by Gasteiger charge is 2.17. The van der Waals surface area contributed by atoms with Gasteiger partial charge in [0, 0.05) is 23.9 Å². The number of rotatable bonds is 4. The topological polar surface area (TPSA) is 99.8 Å². The third-order valence-corrected chi connectivity index (χ3v) is 2.88. The van der Waals surface area contributed by atoms with Crippen LogP contribution in [0.25, 0.3) is 11.4 Å². The quantitative estimate of drug-likeness (QED) is 0.715. The minimum absolute atomic E-state index is 0.128. The van der Waals surface area contributed by atoms with Crippen molar-refractivity contribution in [3.63, 3.8) is 0 Å². The van der Waals surface area contributed by atoms with Crippen LogP contribution in [-0.4, -0.2) is 24.8 Å². The van der Waals surface area contributed by atoms with Crippen molar-refractivity contribution in [2.24, 2.45) is 0 Å². The van der Waals surface area contributed by atoms with E-state index >= 15 is 0 Å². The molecule has 0 atom stereocenters. The summed E-state index contributed by atoms with van der Waals surface area (Å²) in [5.41, 5.74) is 0.677. The van der Waals surface area contributed by atoms with Crippen molar-refractivity contribution in [3.05, 3.63) is 46.8 Å². The lowest BCUT2D eigenvalue weighted by molar-refractivity contribution is 0.357. The highest BCUT2D eigenvalue weighted by Crippen LogP contribution is 2.16. The summed E-state index contributed by atoms with van der Waals surface area (Å²) >= 11 is 0. The van der Waals surface area contributed by atoms with E-state index < -0.39 is 5.76 Å². The third kappa shape index (κ3) is 2.60. The maximum atomic E-state index is 11.8. The van der Waals surface area contributed by atoms with Crippen LogP contribution in [0.4, 0.5) is 0 Å². The second kappa shape index (κ2) is 5.31. The lowest BCUT2D eigenvalue weighted by atomic mass is 10.2. The Morgan fingerprint density at radius 1 is 1.29 bits per heavy atom. The van der Waals surface area contributed by atoms with Gasteiger partial charge in [0.1, 0.15) is 0 Å². The van der Waals surface area contributed by atoms with Gasteiger partial charge in [-0.05, 0) is 12.1 Å². The van der Waals surface area contributed by atoms with Gasteiger partial charge < -0.3 is 4.52 Å². The molecule has 0 unspecified atom stereocenters. The molecule has 0 radical (unpaired) electrons. The molecule has 8 heteroatoms. The molecule has 0 aliphatic rings. The van der Waals surface area contributed by atoms with Gasteiger partial charge in [-0.2, -0.15) is 4.98 Å². The molecule has 108 valence electrons. The molecule has 0 aromatic carbocycles. The van der Waals surface area contributed by atoms with Crippen molar-refractivity contribution < 1.29 is 9.05 Å². The van der Waals surface area contributed by atoms with E-state index in [9.17, 15) is 4.79 Å². The molecule has 0 aliphatic carbocycles. The molecule has 0 aliphatic heterocycles. The van der Waals surface area contributed by atoms with Crippen LogP contribution in [0.5, 0.6) is 0 Å². The van der Waals surface area contributed by atoms with Crippen molar-refractivity contribution >= 4 is 0 Å². The predicted molar refractivity (Wildman–Crippen MR) is 71.5 cm³/mol. The summed E-state index contributed by atoms with van der Waals surface area (Å²) in [6.07, 6.45) is 3.24. The van der Waals surface area contributed by atoms with Crippen molar-refractivity contribution in [2.45, 2.75) is 26.3 Å². The Hall–Kier alpha value is -2.77. The van der Waals surface area contributed by atoms with E-state index in [1.54, 1.807) is 24.5 Å². The summed E-state index contributed by atoms with van der Waals surface area (Å²) in [6, 6.07) is 3.54. The van der Waals surface area contributed by atoms with E-state index in [0.29, 0.717) is 23.1 Å². The first-order valence-corrected chi connectivity index (χ1v) is 6.44. The Morgan fingerprint density at radius 3 is 2.81 bits per heavy atom. The van der Waals surface area contributed by atoms with Crippen molar-refractivity contribution in [3.8, 4) is 11.4 Å². The van der Waals surface area contributed by atoms with Crippen LogP contribution >= 0.6 is 0 Å². The van der Waals surface area contributed by atoms with E-state index in [2.05, 4.69) is 20.3 Å². The SMILES string of the molecule is CC(C)c1nc(Cn2c(-c3cccnc3)noc2=O)no1. The van der Waals surface area contributed by atoms with Gasteiger partial charge in [-0.3, -0.25) is 9.51 Å². The van der Waals surface area contributed by atoms with Crippen molar-refractivity contribution in [1.29, 1.82) is 0 Å². The average molecular weight is 287 g/mol. The van der Waals surface area contributed by atoms with Gasteiger partial charge in [0.15, 0.2) is 11.6 Å². The summed E-state index contributed by atoms with van der Waals surface area (Å²) in [7, 11) is 0. The Balaban J connectivity index is 1.95. The van der Waals surface area contributed by atoms with Gasteiger partial charge in [0.25, 0.3) is 0 Å². The minimum atomic E-state index is -0.579. The van der Waals surface area contributed by atoms with Gasteiger partial charge in [0.05, 0.1) is 6.54 Å². The average Bonchev–Trinajstić information content (AvgIpc) is 3.09. The van der Waals surface area contributed by atoms with Gasteiger partial charge in [0.2, 0.25) is 5.89 Å². The molecule has 3 heterocycles. The molecule has 0 saturated heterocycles. The second-order valence-electron chi connectivity index (χ2n) is 4.80. The number of hydrogen-bond donors (Lipinski definition) is 0. The minimum Gasteiger partial charge on any atom is -0.339 e. The first kappa shape index (κ1) is 13.2. The largest absolute Gasteiger partial charge is 0.442 e. The highest BCUT2D eigenvalue weighted by atomic mass is 16.5. The van der Waals surface area contributed by atoms with Gasteiger partial charge in [-0.1, -0.05) is 24.2 Å². The maximum Gasteiger partial charge on any atom is 0.442 e. The summed E-state index contributed by atoms with van der Waals surface area (Å²) in [4.78, 5) is 20.0. The fraction of sp³-hybridized carbons (Fsp3) is 0.308. The molecule has 0 spiro atoms. The molecule has 0 saturated carbocycles. The van der Waals surface area contributed by atoms with E-state index in [1.807, 2.05) is 13.8 Å². The Morgan fingerprint density at radius 2 is 2.14 bits per heavy atom. The fourth-order valence-corrected chi connectivity index (χ4v) is 1.82. The number of nitrogens with zero attached hydrogens (tertiary/aromatic N) is 5. The normalized spacial score (nSPS) is 11.2. The molecule has 21 heavy (non-hydrogen) atoms. The second-order valence-corrected chi connectivity index (χ2v) is 4.80. The predicted octanol–water partition coefficient (Wildman–Crippen LogP) is 1.45. The van der Waals surface area contributed by atoms with Crippen LogP contribution in [-0.2, 0) is 6.54 Å². The number of aromatic nitrogens is 5. The van der Waals surface area contributed by atoms with E-state index in [4.69, 9.17) is 9.05 Å². The molecule has 0 fully saturated rings. The standard InChI is InChI=1S/C13H13N5O3/c1-8(2)12-15-10(16-20-12)7-18-11(17-21-13(18)19)9-4-3-5-14-6-9/h3-6,8H,7H2,1-2H3. The van der Waals surface area contributed by atoms with Gasteiger partial charge in [-0.15, -0.1) is 0 Å². The molecule has 3 aromatic rings. The van der Waals surface area contributed by atoms with E-state index in [-0.39, 0.29) is 12.5 Å². The van der Waals surface area contributed by atoms with Crippen LogP contribution in [0.3, 0.4) is 0 Å². The Labute approximate surface area is 119 Å². The van der Waals surface area contributed by atoms with Crippen LogP contribution in [0.2, 0.25) is 0 Å². The molecular formula is C13H13N5O3. The highest BCUT2D eigenvalue weighted by molar-refractivity contribution is 5.52. The number of pyridine rings is 1. The molecule has 8 nitrogen and oxygen atoms in total. The van der Waals surface area contributed by atoms with Crippen LogP contribution in [0.1, 0.15) is 31.5 Å². The van der Waals surface area contributed by atoms with Gasteiger partial charge >= 0.3 is 5.76 Å². The monoisotopic (exact) mass is 287 g/mol. The van der Waals surface area contributed by atoms with Crippen LogP contribution in [0, 0.1) is 0 Å². The third-order valence-electron chi connectivity index (χ3n) is 2.88. The first-order chi connectivity index (χ1) is 10.1. The van der Waals surface area contributed by atoms with E-state index in [0.717, 1.165) is 0 Å². The molecule has 3 aromatic heterocycles. The van der Waals surface area contributed by atoms with E-state index in [1.165, 1.54) is 4.57 Å². The Bertz CT molecular complexity index is 788. The zero-order valence-corrected chi connectivity index (χ0v) is 11.6. The summed E-state index contributed by atoms with van der Waals surface area (Å²) < 4.78 is 11.2.